The number of nitrogens with zero attached hydrogens (tertiary/aromatic N) is 6. The fourth-order valence-corrected chi connectivity index (χ4v) is 3.92. The van der Waals surface area contributed by atoms with Gasteiger partial charge in [-0.15, -0.1) is 0 Å². The molecule has 8 heteroatoms. The lowest BCUT2D eigenvalue weighted by Crippen LogP contribution is -2.41. The minimum atomic E-state index is -0.0328. The zero-order chi connectivity index (χ0) is 19.3. The molecule has 142 valence electrons. The summed E-state index contributed by atoms with van der Waals surface area (Å²) in [6.45, 7) is 3.98. The van der Waals surface area contributed by atoms with Gasteiger partial charge in [0.15, 0.2) is 11.3 Å². The number of anilines is 1. The Morgan fingerprint density at radius 3 is 2.57 bits per heavy atom. The third kappa shape index (κ3) is 2.64. The van der Waals surface area contributed by atoms with Gasteiger partial charge >= 0.3 is 5.69 Å². The molecule has 4 aromatic rings. The lowest BCUT2D eigenvalue weighted by Gasteiger charge is -2.36. The number of hydrogen-bond acceptors (Lipinski definition) is 6. The van der Waals surface area contributed by atoms with Crippen molar-refractivity contribution in [2.24, 2.45) is 0 Å². The van der Waals surface area contributed by atoms with E-state index in [4.69, 9.17) is 0 Å². The topological polar surface area (TPSA) is 90.5 Å². The molecule has 1 aliphatic rings. The van der Waals surface area contributed by atoms with Gasteiger partial charge in [-0.25, -0.2) is 19.7 Å². The first-order valence-corrected chi connectivity index (χ1v) is 9.53. The van der Waals surface area contributed by atoms with Crippen LogP contribution in [0.5, 0.6) is 0 Å². The molecule has 0 unspecified atom stereocenters. The largest absolute Gasteiger partial charge is 0.367 e. The Bertz CT molecular complexity index is 1220. The predicted molar refractivity (Wildman–Crippen MR) is 107 cm³/mol. The molecule has 28 heavy (non-hydrogen) atoms. The normalized spacial score (nSPS) is 19.2. The van der Waals surface area contributed by atoms with Gasteiger partial charge in [0.05, 0.1) is 11.0 Å². The maximum absolute atomic E-state index is 13.0. The smallest absolute Gasteiger partial charge is 0.332 e. The average molecular weight is 375 g/mol. The van der Waals surface area contributed by atoms with Crippen LogP contribution in [-0.2, 0) is 0 Å². The summed E-state index contributed by atoms with van der Waals surface area (Å²) >= 11 is 0. The Morgan fingerprint density at radius 1 is 1.00 bits per heavy atom. The van der Waals surface area contributed by atoms with E-state index in [1.54, 1.807) is 27.7 Å². The number of fused-ring (bicyclic) bond motifs is 2. The molecule has 0 saturated heterocycles. The van der Waals surface area contributed by atoms with E-state index >= 15 is 0 Å². The Balaban J connectivity index is 1.38. The number of imidazole rings is 1. The maximum Gasteiger partial charge on any atom is 0.332 e. The van der Waals surface area contributed by atoms with Crippen LogP contribution in [0, 0.1) is 0 Å². The Labute approximate surface area is 161 Å². The summed E-state index contributed by atoms with van der Waals surface area (Å²) in [6.07, 6.45) is 6.74. The predicted octanol–water partition coefficient (Wildman–Crippen LogP) is 2.93. The molecule has 0 aliphatic heterocycles. The van der Waals surface area contributed by atoms with Crippen molar-refractivity contribution in [1.29, 1.82) is 0 Å². The van der Waals surface area contributed by atoms with E-state index in [2.05, 4.69) is 25.3 Å². The molecule has 4 aromatic heterocycles. The van der Waals surface area contributed by atoms with Gasteiger partial charge in [-0.3, -0.25) is 14.1 Å². The summed E-state index contributed by atoms with van der Waals surface area (Å²) in [5.74, 6) is 0.834. The van der Waals surface area contributed by atoms with Gasteiger partial charge in [0.2, 0.25) is 0 Å². The van der Waals surface area contributed by atoms with Gasteiger partial charge in [-0.05, 0) is 51.0 Å². The van der Waals surface area contributed by atoms with Crippen molar-refractivity contribution < 1.29 is 0 Å². The number of nitrogens with one attached hydrogen (secondary N) is 1. The first-order valence-electron chi connectivity index (χ1n) is 9.53. The highest BCUT2D eigenvalue weighted by atomic mass is 16.2. The second-order valence-electron chi connectivity index (χ2n) is 7.52. The van der Waals surface area contributed by atoms with E-state index in [1.165, 1.54) is 0 Å². The van der Waals surface area contributed by atoms with Gasteiger partial charge in [-0.1, -0.05) is 0 Å². The molecule has 1 saturated carbocycles. The molecule has 4 heterocycles. The Kier molecular flexibility index (Phi) is 3.85. The summed E-state index contributed by atoms with van der Waals surface area (Å²) in [5, 5.41) is 3.47. The first-order chi connectivity index (χ1) is 13.6. The molecular formula is C20H21N7O. The van der Waals surface area contributed by atoms with Crippen molar-refractivity contribution in [2.45, 2.75) is 44.8 Å². The molecule has 5 rings (SSSR count). The molecule has 0 aromatic carbocycles. The number of pyridine rings is 2. The second kappa shape index (κ2) is 6.40. The molecule has 0 amide bonds. The molecular weight excluding hydrogens is 354 g/mol. The monoisotopic (exact) mass is 375 g/mol. The lowest BCUT2D eigenvalue weighted by molar-refractivity contribution is 0.278. The third-order valence-corrected chi connectivity index (χ3v) is 5.33. The van der Waals surface area contributed by atoms with Gasteiger partial charge < -0.3 is 5.32 Å². The summed E-state index contributed by atoms with van der Waals surface area (Å²) in [7, 11) is 0. The average Bonchev–Trinajstić information content (AvgIpc) is 2.96. The zero-order valence-corrected chi connectivity index (χ0v) is 15.8. The van der Waals surface area contributed by atoms with E-state index in [0.717, 1.165) is 29.7 Å². The van der Waals surface area contributed by atoms with Crippen LogP contribution < -0.4 is 11.0 Å². The SMILES string of the molecule is CC(C)n1c(=O)n(C2CC(Nc3ccc4ncccc4n3)C2)c2nccnc21. The van der Waals surface area contributed by atoms with Crippen LogP contribution in [0.25, 0.3) is 22.3 Å². The van der Waals surface area contributed by atoms with E-state index in [9.17, 15) is 4.79 Å². The van der Waals surface area contributed by atoms with Gasteiger partial charge in [0.1, 0.15) is 5.82 Å². The maximum atomic E-state index is 13.0. The summed E-state index contributed by atoms with van der Waals surface area (Å²) in [4.78, 5) is 30.7. The van der Waals surface area contributed by atoms with E-state index in [-0.39, 0.29) is 23.8 Å². The molecule has 0 spiro atoms. The number of aromatic nitrogens is 6. The fraction of sp³-hybridized carbons (Fsp3) is 0.350. The van der Waals surface area contributed by atoms with E-state index in [1.807, 2.05) is 38.1 Å². The molecule has 1 fully saturated rings. The third-order valence-electron chi connectivity index (χ3n) is 5.33. The van der Waals surface area contributed by atoms with Crippen molar-refractivity contribution in [2.75, 3.05) is 5.32 Å². The summed E-state index contributed by atoms with van der Waals surface area (Å²) in [6, 6.07) is 8.19. The van der Waals surface area contributed by atoms with Gasteiger partial charge in [-0.2, -0.15) is 0 Å². The van der Waals surface area contributed by atoms with Gasteiger partial charge in [0, 0.05) is 36.7 Å². The molecule has 8 nitrogen and oxygen atoms in total. The molecule has 1 aliphatic carbocycles. The van der Waals surface area contributed by atoms with Gasteiger partial charge in [0.25, 0.3) is 0 Å². The standard InChI is InChI=1S/C20H21N7O/c1-12(2)26-18-19(23-9-8-22-18)27(20(26)28)14-10-13(11-14)24-17-6-5-15-16(25-17)4-3-7-21-15/h3-9,12-14H,10-11H2,1-2H3,(H,24,25). The van der Waals surface area contributed by atoms with E-state index < -0.39 is 0 Å². The van der Waals surface area contributed by atoms with Crippen LogP contribution in [0.1, 0.15) is 38.8 Å². The lowest BCUT2D eigenvalue weighted by atomic mass is 9.86. The van der Waals surface area contributed by atoms with Crippen LogP contribution >= 0.6 is 0 Å². The van der Waals surface area contributed by atoms with Crippen molar-refractivity contribution in [3.8, 4) is 0 Å². The fourth-order valence-electron chi connectivity index (χ4n) is 3.92. The summed E-state index contributed by atoms with van der Waals surface area (Å²) in [5.41, 5.74) is 3.04. The molecule has 0 radical (unpaired) electrons. The van der Waals surface area contributed by atoms with Crippen LogP contribution in [0.15, 0.2) is 47.7 Å². The minimum Gasteiger partial charge on any atom is -0.367 e. The highest BCUT2D eigenvalue weighted by Gasteiger charge is 2.34. The molecule has 0 atom stereocenters. The highest BCUT2D eigenvalue weighted by molar-refractivity contribution is 5.75. The minimum absolute atomic E-state index is 0.0328. The summed E-state index contributed by atoms with van der Waals surface area (Å²) < 4.78 is 3.53. The van der Waals surface area contributed by atoms with Crippen molar-refractivity contribution >= 4 is 28.1 Å². The van der Waals surface area contributed by atoms with Crippen molar-refractivity contribution in [3.05, 3.63) is 53.3 Å². The van der Waals surface area contributed by atoms with Crippen molar-refractivity contribution in [3.63, 3.8) is 0 Å². The Hall–Kier alpha value is -3.29. The highest BCUT2D eigenvalue weighted by Crippen LogP contribution is 2.35. The van der Waals surface area contributed by atoms with E-state index in [0.29, 0.717) is 11.3 Å². The van der Waals surface area contributed by atoms with Crippen LogP contribution in [-0.4, -0.2) is 35.1 Å². The van der Waals surface area contributed by atoms with Crippen LogP contribution in [0.4, 0.5) is 5.82 Å². The number of rotatable bonds is 4. The second-order valence-corrected chi connectivity index (χ2v) is 7.52. The Morgan fingerprint density at radius 2 is 1.79 bits per heavy atom. The molecule has 1 N–H and O–H groups in total. The van der Waals surface area contributed by atoms with Crippen LogP contribution in [0.3, 0.4) is 0 Å². The zero-order valence-electron chi connectivity index (χ0n) is 15.8. The first kappa shape index (κ1) is 16.9. The number of hydrogen-bond donors (Lipinski definition) is 1. The van der Waals surface area contributed by atoms with Crippen molar-refractivity contribution in [1.82, 2.24) is 29.1 Å². The molecule has 0 bridgehead atoms. The van der Waals surface area contributed by atoms with Crippen LogP contribution in [0.2, 0.25) is 0 Å². The quantitative estimate of drug-likeness (QED) is 0.590.